The van der Waals surface area contributed by atoms with Crippen LogP contribution in [0.25, 0.3) is 0 Å². The summed E-state index contributed by atoms with van der Waals surface area (Å²) in [5.74, 6) is -0.0219. The number of carbonyl (C=O) groups excluding carboxylic acids is 1. The normalized spacial score (nSPS) is 16.4. The summed E-state index contributed by atoms with van der Waals surface area (Å²) in [7, 11) is 0. The number of hydrogen-bond acceptors (Lipinski definition) is 1. The van der Waals surface area contributed by atoms with Gasteiger partial charge in [0.15, 0.2) is 6.54 Å². The summed E-state index contributed by atoms with van der Waals surface area (Å²) in [6.07, 6.45) is 3.68. The number of quaternary nitrogens is 1. The third-order valence-electron chi connectivity index (χ3n) is 3.52. The van der Waals surface area contributed by atoms with Gasteiger partial charge in [0.05, 0.1) is 28.8 Å². The summed E-state index contributed by atoms with van der Waals surface area (Å²) in [5, 5.41) is 3.85. The van der Waals surface area contributed by atoms with Crippen molar-refractivity contribution >= 4 is 34.8 Å². The van der Waals surface area contributed by atoms with Gasteiger partial charge in [-0.1, -0.05) is 29.3 Å². The zero-order valence-electron chi connectivity index (χ0n) is 11.1. The number of piperidine rings is 1. The Labute approximate surface area is 123 Å². The molecule has 1 fully saturated rings. The summed E-state index contributed by atoms with van der Waals surface area (Å²) in [6, 6.07) is 3.60. The van der Waals surface area contributed by atoms with Crippen molar-refractivity contribution in [1.29, 1.82) is 0 Å². The Bertz CT molecular complexity index is 471. The van der Waals surface area contributed by atoms with Crippen molar-refractivity contribution in [2.45, 2.75) is 26.2 Å². The van der Waals surface area contributed by atoms with Gasteiger partial charge in [-0.25, -0.2) is 0 Å². The Kier molecular flexibility index (Phi) is 5.08. The SMILES string of the molecule is Cc1ccc(Cl)c(NC(=O)C[NH+]2CCCCC2)c1Cl. The van der Waals surface area contributed by atoms with E-state index >= 15 is 0 Å². The van der Waals surface area contributed by atoms with Crippen LogP contribution in [0.3, 0.4) is 0 Å². The molecule has 1 amide bonds. The second-order valence-corrected chi connectivity index (χ2v) is 5.87. The van der Waals surface area contributed by atoms with Crippen molar-refractivity contribution in [2.75, 3.05) is 25.0 Å². The molecular weight excluding hydrogens is 283 g/mol. The molecule has 0 unspecified atom stereocenters. The molecule has 2 rings (SSSR count). The van der Waals surface area contributed by atoms with Crippen LogP contribution in [0, 0.1) is 6.92 Å². The quantitative estimate of drug-likeness (QED) is 0.882. The van der Waals surface area contributed by atoms with E-state index in [1.54, 1.807) is 6.07 Å². The molecule has 1 heterocycles. The van der Waals surface area contributed by atoms with E-state index in [0.29, 0.717) is 22.3 Å². The van der Waals surface area contributed by atoms with Crippen LogP contribution in [0.5, 0.6) is 0 Å². The molecule has 1 aliphatic rings. The molecular formula is C14H19Cl2N2O+. The Balaban J connectivity index is 2.00. The highest BCUT2D eigenvalue weighted by molar-refractivity contribution is 6.40. The highest BCUT2D eigenvalue weighted by atomic mass is 35.5. The van der Waals surface area contributed by atoms with E-state index in [1.807, 2.05) is 13.0 Å². The lowest BCUT2D eigenvalue weighted by Crippen LogP contribution is -3.13. The van der Waals surface area contributed by atoms with Crippen LogP contribution >= 0.6 is 23.2 Å². The first kappa shape index (κ1) is 14.6. The number of hydrogen-bond donors (Lipinski definition) is 2. The third kappa shape index (κ3) is 3.85. The molecule has 0 bridgehead atoms. The lowest BCUT2D eigenvalue weighted by atomic mass is 10.1. The summed E-state index contributed by atoms with van der Waals surface area (Å²) >= 11 is 12.3. The van der Waals surface area contributed by atoms with Crippen molar-refractivity contribution in [2.24, 2.45) is 0 Å². The lowest BCUT2D eigenvalue weighted by molar-refractivity contribution is -0.896. The summed E-state index contributed by atoms with van der Waals surface area (Å²) in [4.78, 5) is 13.4. The minimum atomic E-state index is -0.0219. The molecule has 19 heavy (non-hydrogen) atoms. The lowest BCUT2D eigenvalue weighted by Gasteiger charge is -2.23. The molecule has 0 spiro atoms. The highest BCUT2D eigenvalue weighted by Crippen LogP contribution is 2.32. The van der Waals surface area contributed by atoms with Crippen LogP contribution in [0.15, 0.2) is 12.1 Å². The predicted octanol–water partition coefficient (Wildman–Crippen LogP) is 2.31. The molecule has 0 saturated carbocycles. The molecule has 1 aromatic carbocycles. The second-order valence-electron chi connectivity index (χ2n) is 5.09. The number of nitrogens with one attached hydrogen (secondary N) is 2. The van der Waals surface area contributed by atoms with E-state index in [0.717, 1.165) is 18.7 Å². The van der Waals surface area contributed by atoms with E-state index in [-0.39, 0.29) is 5.91 Å². The zero-order valence-corrected chi connectivity index (χ0v) is 12.6. The van der Waals surface area contributed by atoms with E-state index in [9.17, 15) is 4.79 Å². The van der Waals surface area contributed by atoms with Crippen molar-refractivity contribution in [3.05, 3.63) is 27.7 Å². The van der Waals surface area contributed by atoms with Gasteiger partial charge in [0, 0.05) is 0 Å². The first-order valence-electron chi connectivity index (χ1n) is 6.66. The van der Waals surface area contributed by atoms with Crippen molar-refractivity contribution < 1.29 is 9.69 Å². The molecule has 0 aliphatic carbocycles. The van der Waals surface area contributed by atoms with Gasteiger partial charge in [0.25, 0.3) is 5.91 Å². The molecule has 1 saturated heterocycles. The molecule has 1 aliphatic heterocycles. The molecule has 104 valence electrons. The van der Waals surface area contributed by atoms with Gasteiger partial charge in [-0.15, -0.1) is 0 Å². The maximum absolute atomic E-state index is 12.0. The van der Waals surface area contributed by atoms with Crippen LogP contribution in [-0.4, -0.2) is 25.5 Å². The molecule has 2 N–H and O–H groups in total. The Hall–Kier alpha value is -0.770. The highest BCUT2D eigenvalue weighted by Gasteiger charge is 2.19. The minimum Gasteiger partial charge on any atom is -0.327 e. The number of halogens is 2. The fourth-order valence-electron chi connectivity index (χ4n) is 2.41. The van der Waals surface area contributed by atoms with Crippen molar-refractivity contribution in [1.82, 2.24) is 0 Å². The minimum absolute atomic E-state index is 0.0219. The number of carbonyl (C=O) groups is 1. The predicted molar refractivity (Wildman–Crippen MR) is 79.2 cm³/mol. The van der Waals surface area contributed by atoms with Crippen molar-refractivity contribution in [3.8, 4) is 0 Å². The maximum Gasteiger partial charge on any atom is 0.279 e. The maximum atomic E-state index is 12.0. The molecule has 5 heteroatoms. The molecule has 0 aromatic heterocycles. The van der Waals surface area contributed by atoms with Gasteiger partial charge in [-0.05, 0) is 37.8 Å². The number of anilines is 1. The van der Waals surface area contributed by atoms with Gasteiger partial charge in [0.1, 0.15) is 0 Å². The number of amides is 1. The van der Waals surface area contributed by atoms with Gasteiger partial charge in [-0.3, -0.25) is 4.79 Å². The molecule has 0 atom stereocenters. The number of likely N-dealkylation sites (tertiary alicyclic amines) is 1. The van der Waals surface area contributed by atoms with E-state index in [4.69, 9.17) is 23.2 Å². The zero-order chi connectivity index (χ0) is 13.8. The topological polar surface area (TPSA) is 33.5 Å². The van der Waals surface area contributed by atoms with E-state index in [2.05, 4.69) is 5.32 Å². The van der Waals surface area contributed by atoms with Crippen molar-refractivity contribution in [3.63, 3.8) is 0 Å². The largest absolute Gasteiger partial charge is 0.327 e. The Morgan fingerprint density at radius 3 is 2.63 bits per heavy atom. The Morgan fingerprint density at radius 1 is 1.26 bits per heavy atom. The number of benzene rings is 1. The smallest absolute Gasteiger partial charge is 0.279 e. The third-order valence-corrected chi connectivity index (χ3v) is 4.32. The summed E-state index contributed by atoms with van der Waals surface area (Å²) in [6.45, 7) is 4.52. The van der Waals surface area contributed by atoms with Crippen LogP contribution in [0.1, 0.15) is 24.8 Å². The van der Waals surface area contributed by atoms with Crippen LogP contribution < -0.4 is 10.2 Å². The molecule has 1 aromatic rings. The number of aryl methyl sites for hydroxylation is 1. The fourth-order valence-corrected chi connectivity index (χ4v) is 2.88. The summed E-state index contributed by atoms with van der Waals surface area (Å²) < 4.78 is 0. The first-order chi connectivity index (χ1) is 9.08. The second kappa shape index (κ2) is 6.60. The Morgan fingerprint density at radius 2 is 1.95 bits per heavy atom. The van der Waals surface area contributed by atoms with Crippen LogP contribution in [-0.2, 0) is 4.79 Å². The average Bonchev–Trinajstić information content (AvgIpc) is 2.40. The first-order valence-corrected chi connectivity index (χ1v) is 7.41. The van der Waals surface area contributed by atoms with E-state index in [1.165, 1.54) is 24.2 Å². The monoisotopic (exact) mass is 301 g/mol. The van der Waals surface area contributed by atoms with E-state index < -0.39 is 0 Å². The summed E-state index contributed by atoms with van der Waals surface area (Å²) in [5.41, 5.74) is 1.44. The number of rotatable bonds is 3. The fraction of sp³-hybridized carbons (Fsp3) is 0.500. The average molecular weight is 302 g/mol. The standard InChI is InChI=1S/C14H18Cl2N2O/c1-10-5-6-11(15)14(13(10)16)17-12(19)9-18-7-3-2-4-8-18/h5-6H,2-4,7-9H2,1H3,(H,17,19)/p+1. The van der Waals surface area contributed by atoms with Gasteiger partial charge in [0.2, 0.25) is 0 Å². The van der Waals surface area contributed by atoms with Gasteiger partial charge >= 0.3 is 0 Å². The molecule has 0 radical (unpaired) electrons. The molecule has 3 nitrogen and oxygen atoms in total. The van der Waals surface area contributed by atoms with Crippen LogP contribution in [0.4, 0.5) is 5.69 Å². The van der Waals surface area contributed by atoms with Gasteiger partial charge in [-0.2, -0.15) is 0 Å². The van der Waals surface area contributed by atoms with Crippen LogP contribution in [0.2, 0.25) is 10.0 Å². The van der Waals surface area contributed by atoms with Gasteiger partial charge < -0.3 is 10.2 Å².